The van der Waals surface area contributed by atoms with E-state index < -0.39 is 0 Å². The first-order chi connectivity index (χ1) is 12.7. The Bertz CT molecular complexity index is 812. The van der Waals surface area contributed by atoms with Gasteiger partial charge in [0.05, 0.1) is 10.5 Å². The predicted octanol–water partition coefficient (Wildman–Crippen LogP) is 3.95. The van der Waals surface area contributed by atoms with Crippen LogP contribution >= 0.6 is 15.9 Å². The number of hydrogen-bond donors (Lipinski definition) is 1. The molecule has 2 aromatic rings. The van der Waals surface area contributed by atoms with Crippen molar-refractivity contribution in [1.29, 1.82) is 0 Å². The number of fused-ring (bicyclic) bond motifs is 2. The summed E-state index contributed by atoms with van der Waals surface area (Å²) in [7, 11) is 0. The van der Waals surface area contributed by atoms with Gasteiger partial charge in [0, 0.05) is 13.1 Å². The van der Waals surface area contributed by atoms with Crippen molar-refractivity contribution in [2.45, 2.75) is 25.5 Å². The summed E-state index contributed by atoms with van der Waals surface area (Å²) in [6.07, 6.45) is 1.20. The molecule has 2 aliphatic heterocycles. The molecular formula is C22H25BrN2O. The summed E-state index contributed by atoms with van der Waals surface area (Å²) in [5, 5.41) is 3.55. The highest BCUT2D eigenvalue weighted by Gasteiger charge is 2.44. The highest BCUT2D eigenvalue weighted by Crippen LogP contribution is 2.42. The molecule has 2 heterocycles. The van der Waals surface area contributed by atoms with Crippen molar-refractivity contribution in [3.8, 4) is 5.75 Å². The number of rotatable bonds is 3. The maximum atomic E-state index is 6.63. The number of likely N-dealkylation sites (tertiary alicyclic amines) is 1. The normalized spacial score (nSPS) is 30.4. The average Bonchev–Trinajstić information content (AvgIpc) is 3.30. The molecule has 0 amide bonds. The van der Waals surface area contributed by atoms with Crippen molar-refractivity contribution in [3.63, 3.8) is 0 Å². The lowest BCUT2D eigenvalue weighted by atomic mass is 10.0. The topological polar surface area (TPSA) is 24.5 Å². The molecule has 1 aliphatic carbocycles. The van der Waals surface area contributed by atoms with E-state index in [1.165, 1.54) is 42.9 Å². The largest absolute Gasteiger partial charge is 0.483 e. The summed E-state index contributed by atoms with van der Waals surface area (Å²) in [4.78, 5) is 2.70. The molecule has 0 saturated carbocycles. The molecule has 26 heavy (non-hydrogen) atoms. The van der Waals surface area contributed by atoms with Crippen LogP contribution in [0.3, 0.4) is 0 Å². The molecule has 5 rings (SSSR count). The third kappa shape index (κ3) is 2.88. The molecule has 4 heteroatoms. The van der Waals surface area contributed by atoms with Gasteiger partial charge in [-0.25, -0.2) is 0 Å². The molecule has 2 fully saturated rings. The third-order valence-corrected chi connectivity index (χ3v) is 6.99. The second-order valence-corrected chi connectivity index (χ2v) is 8.93. The molecule has 2 aromatic carbocycles. The van der Waals surface area contributed by atoms with Crippen LogP contribution in [0.4, 0.5) is 0 Å². The predicted molar refractivity (Wildman–Crippen MR) is 108 cm³/mol. The molecule has 0 aromatic heterocycles. The van der Waals surface area contributed by atoms with Gasteiger partial charge in [0.2, 0.25) is 0 Å². The highest BCUT2D eigenvalue weighted by molar-refractivity contribution is 9.10. The Kier molecular flexibility index (Phi) is 4.30. The number of nitrogens with one attached hydrogen (secondary N) is 1. The zero-order valence-electron chi connectivity index (χ0n) is 15.1. The zero-order valence-corrected chi connectivity index (χ0v) is 16.7. The van der Waals surface area contributed by atoms with Crippen LogP contribution in [0.2, 0.25) is 0 Å². The maximum absolute atomic E-state index is 6.63. The molecular weight excluding hydrogens is 388 g/mol. The van der Waals surface area contributed by atoms with Crippen molar-refractivity contribution in [2.75, 3.05) is 26.2 Å². The summed E-state index contributed by atoms with van der Waals surface area (Å²) in [5.74, 6) is 2.57. The lowest BCUT2D eigenvalue weighted by Crippen LogP contribution is -2.40. The first kappa shape index (κ1) is 16.8. The van der Waals surface area contributed by atoms with Gasteiger partial charge in [-0.2, -0.15) is 0 Å². The fourth-order valence-corrected chi connectivity index (χ4v) is 5.59. The van der Waals surface area contributed by atoms with Gasteiger partial charge in [0.25, 0.3) is 0 Å². The summed E-state index contributed by atoms with van der Waals surface area (Å²) < 4.78 is 7.68. The first-order valence-corrected chi connectivity index (χ1v) is 10.4. The van der Waals surface area contributed by atoms with Gasteiger partial charge in [-0.1, -0.05) is 30.3 Å². The molecule has 2 saturated heterocycles. The van der Waals surface area contributed by atoms with Crippen LogP contribution in [0, 0.1) is 18.8 Å². The van der Waals surface area contributed by atoms with Gasteiger partial charge >= 0.3 is 0 Å². The van der Waals surface area contributed by atoms with Crippen molar-refractivity contribution in [3.05, 3.63) is 63.6 Å². The minimum atomic E-state index is 0.108. The first-order valence-electron chi connectivity index (χ1n) is 9.64. The van der Waals surface area contributed by atoms with Crippen LogP contribution in [0.15, 0.2) is 46.9 Å². The van der Waals surface area contributed by atoms with E-state index in [0.717, 1.165) is 28.5 Å². The van der Waals surface area contributed by atoms with Gasteiger partial charge < -0.3 is 10.1 Å². The van der Waals surface area contributed by atoms with Crippen LogP contribution < -0.4 is 10.1 Å². The van der Waals surface area contributed by atoms with Gasteiger partial charge in [0.1, 0.15) is 11.9 Å². The standard InChI is InChI=1S/C22H25BrN2O/c1-14-6-7-21(19(23)8-14)26-22-18-5-3-2-4-15(18)9-20(22)25-12-16-10-24-11-17(16)13-25/h2-8,16-17,20,22,24H,9-13H2,1H3. The number of halogens is 1. The summed E-state index contributed by atoms with van der Waals surface area (Å²) in [6, 6.07) is 15.6. The van der Waals surface area contributed by atoms with Gasteiger partial charge in [0.15, 0.2) is 0 Å². The minimum absolute atomic E-state index is 0.108. The zero-order chi connectivity index (χ0) is 17.7. The van der Waals surface area contributed by atoms with Crippen molar-refractivity contribution >= 4 is 15.9 Å². The van der Waals surface area contributed by atoms with Crippen molar-refractivity contribution in [1.82, 2.24) is 10.2 Å². The summed E-state index contributed by atoms with van der Waals surface area (Å²) in [6.45, 7) is 6.86. The Balaban J connectivity index is 1.45. The molecule has 4 unspecified atom stereocenters. The van der Waals surface area contributed by atoms with Crippen LogP contribution in [0.25, 0.3) is 0 Å². The van der Waals surface area contributed by atoms with Crippen molar-refractivity contribution < 1.29 is 4.74 Å². The second kappa shape index (κ2) is 6.66. The summed E-state index contributed by atoms with van der Waals surface area (Å²) in [5.41, 5.74) is 4.05. The monoisotopic (exact) mass is 412 g/mol. The number of ether oxygens (including phenoxy) is 1. The summed E-state index contributed by atoms with van der Waals surface area (Å²) >= 11 is 3.69. The fourth-order valence-electron chi connectivity index (χ4n) is 5.00. The Morgan fingerprint density at radius 2 is 1.85 bits per heavy atom. The van der Waals surface area contributed by atoms with E-state index in [0.29, 0.717) is 6.04 Å². The second-order valence-electron chi connectivity index (χ2n) is 8.07. The van der Waals surface area contributed by atoms with E-state index >= 15 is 0 Å². The molecule has 4 atom stereocenters. The van der Waals surface area contributed by atoms with Gasteiger partial charge in [-0.15, -0.1) is 0 Å². The van der Waals surface area contributed by atoms with E-state index in [9.17, 15) is 0 Å². The Morgan fingerprint density at radius 1 is 1.08 bits per heavy atom. The molecule has 136 valence electrons. The Morgan fingerprint density at radius 3 is 2.62 bits per heavy atom. The molecule has 0 spiro atoms. The lowest BCUT2D eigenvalue weighted by Gasteiger charge is -2.31. The SMILES string of the molecule is Cc1ccc(OC2c3ccccc3CC2N2CC3CNCC3C2)c(Br)c1. The molecule has 0 radical (unpaired) electrons. The molecule has 0 bridgehead atoms. The Hall–Kier alpha value is -1.36. The molecule has 3 nitrogen and oxygen atoms in total. The van der Waals surface area contributed by atoms with Gasteiger partial charge in [-0.3, -0.25) is 4.90 Å². The van der Waals surface area contributed by atoms with E-state index in [1.54, 1.807) is 0 Å². The average molecular weight is 413 g/mol. The quantitative estimate of drug-likeness (QED) is 0.825. The van der Waals surface area contributed by atoms with E-state index in [2.05, 4.69) is 75.5 Å². The van der Waals surface area contributed by atoms with Gasteiger partial charge in [-0.05, 0) is 83.0 Å². The lowest BCUT2D eigenvalue weighted by molar-refractivity contribution is 0.0884. The van der Waals surface area contributed by atoms with Crippen molar-refractivity contribution in [2.24, 2.45) is 11.8 Å². The number of aryl methyl sites for hydroxylation is 1. The third-order valence-electron chi connectivity index (χ3n) is 6.37. The molecule has 1 N–H and O–H groups in total. The van der Waals surface area contributed by atoms with Crippen LogP contribution in [0.1, 0.15) is 22.8 Å². The highest BCUT2D eigenvalue weighted by atomic mass is 79.9. The minimum Gasteiger partial charge on any atom is -0.483 e. The maximum Gasteiger partial charge on any atom is 0.140 e. The Labute approximate surface area is 163 Å². The van der Waals surface area contributed by atoms with Crippen LogP contribution in [-0.4, -0.2) is 37.1 Å². The fraction of sp³-hybridized carbons (Fsp3) is 0.455. The van der Waals surface area contributed by atoms with E-state index in [4.69, 9.17) is 4.74 Å². The smallest absolute Gasteiger partial charge is 0.140 e. The van der Waals surface area contributed by atoms with Crippen LogP contribution in [-0.2, 0) is 6.42 Å². The number of nitrogens with zero attached hydrogens (tertiary/aromatic N) is 1. The number of benzene rings is 2. The number of hydrogen-bond acceptors (Lipinski definition) is 3. The van der Waals surface area contributed by atoms with E-state index in [1.807, 2.05) is 0 Å². The van der Waals surface area contributed by atoms with Crippen LogP contribution in [0.5, 0.6) is 5.75 Å². The van der Waals surface area contributed by atoms with E-state index in [-0.39, 0.29) is 6.10 Å². The molecule has 3 aliphatic rings.